The number of carbonyl (C=O) groups excluding carboxylic acids is 1. The van der Waals surface area contributed by atoms with Crippen LogP contribution in [-0.4, -0.2) is 12.5 Å². The number of benzene rings is 1. The highest BCUT2D eigenvalue weighted by atomic mass is 16.1. The number of aryl methyl sites for hydroxylation is 1. The molecule has 2 heteroatoms. The third-order valence-corrected chi connectivity index (χ3v) is 3.21. The van der Waals surface area contributed by atoms with E-state index in [0.29, 0.717) is 0 Å². The number of amides is 1. The molecule has 0 fully saturated rings. The van der Waals surface area contributed by atoms with Crippen LogP contribution >= 0.6 is 0 Å². The SMILES string of the molecule is CCCc1ccc2c(c1)C[C@@H]2C(=O)NCC. The van der Waals surface area contributed by atoms with Crippen LogP contribution in [-0.2, 0) is 17.6 Å². The largest absolute Gasteiger partial charge is 0.356 e. The Balaban J connectivity index is 2.09. The molecule has 1 aliphatic rings. The van der Waals surface area contributed by atoms with Crippen molar-refractivity contribution in [2.45, 2.75) is 39.0 Å². The summed E-state index contributed by atoms with van der Waals surface area (Å²) in [6.45, 7) is 4.87. The van der Waals surface area contributed by atoms with E-state index in [2.05, 4.69) is 30.4 Å². The summed E-state index contributed by atoms with van der Waals surface area (Å²) in [7, 11) is 0. The van der Waals surface area contributed by atoms with Crippen LogP contribution in [0.4, 0.5) is 0 Å². The van der Waals surface area contributed by atoms with Gasteiger partial charge in [0.25, 0.3) is 0 Å². The Morgan fingerprint density at radius 1 is 1.44 bits per heavy atom. The van der Waals surface area contributed by atoms with E-state index in [1.54, 1.807) is 0 Å². The number of hydrogen-bond acceptors (Lipinski definition) is 1. The van der Waals surface area contributed by atoms with Gasteiger partial charge < -0.3 is 5.32 Å². The first-order valence-electron chi connectivity index (χ1n) is 6.15. The Hall–Kier alpha value is -1.31. The van der Waals surface area contributed by atoms with E-state index in [1.807, 2.05) is 6.92 Å². The van der Waals surface area contributed by atoms with E-state index in [-0.39, 0.29) is 11.8 Å². The molecule has 1 atom stereocenters. The molecule has 2 nitrogen and oxygen atoms in total. The zero-order valence-electron chi connectivity index (χ0n) is 10.0. The molecule has 0 unspecified atom stereocenters. The number of carbonyl (C=O) groups is 1. The van der Waals surface area contributed by atoms with E-state index in [4.69, 9.17) is 0 Å². The average molecular weight is 217 g/mol. The maximum atomic E-state index is 11.7. The van der Waals surface area contributed by atoms with Crippen molar-refractivity contribution >= 4 is 5.91 Å². The predicted octanol–water partition coefficient (Wildman–Crippen LogP) is 2.41. The summed E-state index contributed by atoms with van der Waals surface area (Å²) < 4.78 is 0. The van der Waals surface area contributed by atoms with Crippen molar-refractivity contribution in [2.75, 3.05) is 6.54 Å². The van der Waals surface area contributed by atoms with Crippen LogP contribution in [0.15, 0.2) is 18.2 Å². The van der Waals surface area contributed by atoms with E-state index < -0.39 is 0 Å². The molecule has 0 bridgehead atoms. The van der Waals surface area contributed by atoms with Gasteiger partial charge in [-0.1, -0.05) is 31.5 Å². The smallest absolute Gasteiger partial charge is 0.227 e. The fourth-order valence-electron chi connectivity index (χ4n) is 2.35. The quantitative estimate of drug-likeness (QED) is 0.824. The molecule has 0 aromatic heterocycles. The molecule has 1 N–H and O–H groups in total. The number of fused-ring (bicyclic) bond motifs is 1. The van der Waals surface area contributed by atoms with Gasteiger partial charge in [0.15, 0.2) is 0 Å². The standard InChI is InChI=1S/C14H19NO/c1-3-5-10-6-7-12-11(8-10)9-13(12)14(16)15-4-2/h6-8,13H,3-5,9H2,1-2H3,(H,15,16)/t13-/m0/s1. The van der Waals surface area contributed by atoms with E-state index >= 15 is 0 Å². The second-order valence-corrected chi connectivity index (χ2v) is 4.43. The summed E-state index contributed by atoms with van der Waals surface area (Å²) in [6.07, 6.45) is 3.23. The lowest BCUT2D eigenvalue weighted by molar-refractivity contribution is -0.122. The minimum Gasteiger partial charge on any atom is -0.356 e. The van der Waals surface area contributed by atoms with Crippen LogP contribution in [0.2, 0.25) is 0 Å². The molecule has 0 heterocycles. The van der Waals surface area contributed by atoms with Gasteiger partial charge >= 0.3 is 0 Å². The van der Waals surface area contributed by atoms with Crippen molar-refractivity contribution in [3.63, 3.8) is 0 Å². The lowest BCUT2D eigenvalue weighted by Crippen LogP contribution is -2.35. The summed E-state index contributed by atoms with van der Waals surface area (Å²) in [5.74, 6) is 0.281. The molecular weight excluding hydrogens is 198 g/mol. The number of rotatable bonds is 4. The Bertz CT molecular complexity index is 398. The van der Waals surface area contributed by atoms with Crippen molar-refractivity contribution in [3.8, 4) is 0 Å². The van der Waals surface area contributed by atoms with E-state index in [0.717, 1.165) is 19.4 Å². The van der Waals surface area contributed by atoms with Crippen LogP contribution in [0.5, 0.6) is 0 Å². The van der Waals surface area contributed by atoms with Gasteiger partial charge in [-0.05, 0) is 36.5 Å². The van der Waals surface area contributed by atoms with Crippen LogP contribution in [0.1, 0.15) is 42.9 Å². The van der Waals surface area contributed by atoms with Crippen molar-refractivity contribution in [1.82, 2.24) is 5.32 Å². The number of hydrogen-bond donors (Lipinski definition) is 1. The molecule has 0 radical (unpaired) electrons. The topological polar surface area (TPSA) is 29.1 Å². The Morgan fingerprint density at radius 3 is 2.88 bits per heavy atom. The highest BCUT2D eigenvalue weighted by Gasteiger charge is 2.31. The summed E-state index contributed by atoms with van der Waals surface area (Å²) in [5, 5.41) is 2.89. The minimum atomic E-state index is 0.102. The molecule has 0 saturated carbocycles. The molecule has 2 rings (SSSR count). The summed E-state index contributed by atoms with van der Waals surface area (Å²) >= 11 is 0. The molecule has 0 aliphatic heterocycles. The molecule has 1 amide bonds. The van der Waals surface area contributed by atoms with Crippen molar-refractivity contribution in [2.24, 2.45) is 0 Å². The third kappa shape index (κ3) is 1.97. The first-order chi connectivity index (χ1) is 7.76. The molecule has 86 valence electrons. The predicted molar refractivity (Wildman–Crippen MR) is 65.6 cm³/mol. The van der Waals surface area contributed by atoms with Crippen LogP contribution in [0.25, 0.3) is 0 Å². The van der Waals surface area contributed by atoms with E-state index in [9.17, 15) is 4.79 Å². The molecule has 0 saturated heterocycles. The molecule has 1 aromatic carbocycles. The number of nitrogens with one attached hydrogen (secondary N) is 1. The van der Waals surface area contributed by atoms with E-state index in [1.165, 1.54) is 23.1 Å². The summed E-state index contributed by atoms with van der Waals surface area (Å²) in [6, 6.07) is 6.55. The Morgan fingerprint density at radius 2 is 2.25 bits per heavy atom. The number of likely N-dealkylation sites (N-methyl/N-ethyl adjacent to an activating group) is 1. The summed E-state index contributed by atoms with van der Waals surface area (Å²) in [4.78, 5) is 11.7. The first kappa shape index (κ1) is 11.2. The summed E-state index contributed by atoms with van der Waals surface area (Å²) in [5.41, 5.74) is 3.99. The highest BCUT2D eigenvalue weighted by Crippen LogP contribution is 2.35. The average Bonchev–Trinajstić information content (AvgIpc) is 2.22. The van der Waals surface area contributed by atoms with Gasteiger partial charge in [0.1, 0.15) is 0 Å². The van der Waals surface area contributed by atoms with Gasteiger partial charge in [-0.3, -0.25) is 4.79 Å². The maximum Gasteiger partial charge on any atom is 0.227 e. The Kier molecular flexibility index (Phi) is 3.28. The van der Waals surface area contributed by atoms with Gasteiger partial charge in [0, 0.05) is 6.54 Å². The van der Waals surface area contributed by atoms with Gasteiger partial charge in [0.2, 0.25) is 5.91 Å². The monoisotopic (exact) mass is 217 g/mol. The second kappa shape index (κ2) is 4.69. The maximum absolute atomic E-state index is 11.7. The van der Waals surface area contributed by atoms with Crippen molar-refractivity contribution in [1.29, 1.82) is 0 Å². The fraction of sp³-hybridized carbons (Fsp3) is 0.500. The molecule has 1 aromatic rings. The fourth-order valence-corrected chi connectivity index (χ4v) is 2.35. The van der Waals surface area contributed by atoms with Crippen molar-refractivity contribution < 1.29 is 4.79 Å². The van der Waals surface area contributed by atoms with Gasteiger partial charge in [-0.2, -0.15) is 0 Å². The van der Waals surface area contributed by atoms with Crippen LogP contribution in [0, 0.1) is 0 Å². The van der Waals surface area contributed by atoms with Gasteiger partial charge in [0.05, 0.1) is 5.92 Å². The molecule has 0 spiro atoms. The zero-order chi connectivity index (χ0) is 11.5. The zero-order valence-corrected chi connectivity index (χ0v) is 10.0. The molecule has 1 aliphatic carbocycles. The third-order valence-electron chi connectivity index (χ3n) is 3.21. The normalized spacial score (nSPS) is 17.5. The van der Waals surface area contributed by atoms with Gasteiger partial charge in [-0.15, -0.1) is 0 Å². The second-order valence-electron chi connectivity index (χ2n) is 4.43. The lowest BCUT2D eigenvalue weighted by atomic mass is 9.76. The lowest BCUT2D eigenvalue weighted by Gasteiger charge is -2.29. The van der Waals surface area contributed by atoms with Crippen LogP contribution < -0.4 is 5.32 Å². The first-order valence-corrected chi connectivity index (χ1v) is 6.15. The van der Waals surface area contributed by atoms with Crippen molar-refractivity contribution in [3.05, 3.63) is 34.9 Å². The van der Waals surface area contributed by atoms with Crippen LogP contribution in [0.3, 0.4) is 0 Å². The molecule has 16 heavy (non-hydrogen) atoms. The van der Waals surface area contributed by atoms with Gasteiger partial charge in [-0.25, -0.2) is 0 Å². The Labute approximate surface area is 97.1 Å². The minimum absolute atomic E-state index is 0.102. The highest BCUT2D eigenvalue weighted by molar-refractivity contribution is 5.86. The molecular formula is C14H19NO.